The van der Waals surface area contributed by atoms with Crippen molar-refractivity contribution in [1.82, 2.24) is 5.32 Å². The van der Waals surface area contributed by atoms with Gasteiger partial charge in [0, 0.05) is 11.2 Å². The van der Waals surface area contributed by atoms with E-state index < -0.39 is 0 Å². The Morgan fingerprint density at radius 2 is 1.83 bits per heavy atom. The highest BCUT2D eigenvalue weighted by Crippen LogP contribution is 2.25. The van der Waals surface area contributed by atoms with Crippen LogP contribution in [0.25, 0.3) is 10.1 Å². The van der Waals surface area contributed by atoms with Crippen LogP contribution in [0.1, 0.15) is 16.7 Å². The molecule has 1 aromatic heterocycles. The zero-order chi connectivity index (χ0) is 16.9. The lowest BCUT2D eigenvalue weighted by molar-refractivity contribution is -0.123. The standard InChI is InChI=1S/C20H21NO2S/c1-14-6-5-7-15(2)20(14)23-12-19(22)21-11-10-16-13-24-18-9-4-3-8-17(16)18/h3-9,13H,10-12H2,1-2H3,(H,21,22). The van der Waals surface area contributed by atoms with E-state index in [0.717, 1.165) is 23.3 Å². The maximum atomic E-state index is 12.0. The summed E-state index contributed by atoms with van der Waals surface area (Å²) >= 11 is 1.75. The predicted octanol–water partition coefficient (Wildman–Crippen LogP) is 4.26. The number of thiophene rings is 1. The number of hydrogen-bond acceptors (Lipinski definition) is 3. The van der Waals surface area contributed by atoms with Crippen LogP contribution in [0.4, 0.5) is 0 Å². The highest BCUT2D eigenvalue weighted by atomic mass is 32.1. The molecular weight excluding hydrogens is 318 g/mol. The first-order chi connectivity index (χ1) is 11.6. The molecule has 3 aromatic rings. The molecule has 0 fully saturated rings. The molecule has 2 aromatic carbocycles. The summed E-state index contributed by atoms with van der Waals surface area (Å²) in [5.74, 6) is 0.716. The molecule has 0 unspecified atom stereocenters. The normalized spacial score (nSPS) is 10.8. The highest BCUT2D eigenvalue weighted by molar-refractivity contribution is 7.17. The van der Waals surface area contributed by atoms with Crippen LogP contribution in [0.5, 0.6) is 5.75 Å². The Bertz CT molecular complexity index is 833. The summed E-state index contributed by atoms with van der Waals surface area (Å²) in [6.07, 6.45) is 0.832. The van der Waals surface area contributed by atoms with E-state index in [0.29, 0.717) is 6.54 Å². The SMILES string of the molecule is Cc1cccc(C)c1OCC(=O)NCCc1csc2ccccc12. The lowest BCUT2D eigenvalue weighted by Crippen LogP contribution is -2.30. The van der Waals surface area contributed by atoms with E-state index in [1.807, 2.05) is 32.0 Å². The van der Waals surface area contributed by atoms with Gasteiger partial charge in [-0.15, -0.1) is 11.3 Å². The summed E-state index contributed by atoms with van der Waals surface area (Å²) in [4.78, 5) is 12.0. The van der Waals surface area contributed by atoms with Crippen molar-refractivity contribution in [3.8, 4) is 5.75 Å². The number of carbonyl (C=O) groups is 1. The molecule has 124 valence electrons. The fourth-order valence-electron chi connectivity index (χ4n) is 2.78. The first-order valence-electron chi connectivity index (χ1n) is 8.06. The van der Waals surface area contributed by atoms with Crippen LogP contribution in [0.3, 0.4) is 0 Å². The van der Waals surface area contributed by atoms with Crippen LogP contribution in [0.2, 0.25) is 0 Å². The van der Waals surface area contributed by atoms with Crippen LogP contribution in [0.15, 0.2) is 47.8 Å². The Morgan fingerprint density at radius 1 is 1.08 bits per heavy atom. The van der Waals surface area contributed by atoms with Crippen molar-refractivity contribution in [3.05, 3.63) is 64.5 Å². The zero-order valence-electron chi connectivity index (χ0n) is 14.0. The Labute approximate surface area is 146 Å². The van der Waals surface area contributed by atoms with Crippen LogP contribution in [0, 0.1) is 13.8 Å². The molecule has 1 heterocycles. The van der Waals surface area contributed by atoms with E-state index in [2.05, 4.69) is 35.0 Å². The maximum absolute atomic E-state index is 12.0. The van der Waals surface area contributed by atoms with Gasteiger partial charge in [0.1, 0.15) is 5.75 Å². The molecule has 0 aliphatic carbocycles. The lowest BCUT2D eigenvalue weighted by Gasteiger charge is -2.11. The Hall–Kier alpha value is -2.33. The number of fused-ring (bicyclic) bond motifs is 1. The van der Waals surface area contributed by atoms with E-state index in [4.69, 9.17) is 4.74 Å². The summed E-state index contributed by atoms with van der Waals surface area (Å²) in [5, 5.41) is 6.39. The maximum Gasteiger partial charge on any atom is 0.257 e. The van der Waals surface area contributed by atoms with E-state index in [1.54, 1.807) is 11.3 Å². The number of rotatable bonds is 6. The van der Waals surface area contributed by atoms with Crippen molar-refractivity contribution >= 4 is 27.3 Å². The average molecular weight is 339 g/mol. The first-order valence-corrected chi connectivity index (χ1v) is 8.94. The number of para-hydroxylation sites is 1. The molecule has 3 nitrogen and oxygen atoms in total. The van der Waals surface area contributed by atoms with Gasteiger partial charge in [-0.1, -0.05) is 36.4 Å². The number of carbonyl (C=O) groups excluding carboxylic acids is 1. The molecule has 3 rings (SSSR count). The number of aryl methyl sites for hydroxylation is 2. The number of benzene rings is 2. The van der Waals surface area contributed by atoms with Crippen LogP contribution in [-0.4, -0.2) is 19.1 Å². The van der Waals surface area contributed by atoms with E-state index >= 15 is 0 Å². The van der Waals surface area contributed by atoms with E-state index in [9.17, 15) is 4.79 Å². The summed E-state index contributed by atoms with van der Waals surface area (Å²) < 4.78 is 6.97. The summed E-state index contributed by atoms with van der Waals surface area (Å²) in [7, 11) is 0. The number of amides is 1. The largest absolute Gasteiger partial charge is 0.483 e. The molecule has 0 aliphatic rings. The third kappa shape index (κ3) is 3.77. The van der Waals surface area contributed by atoms with Crippen molar-refractivity contribution < 1.29 is 9.53 Å². The van der Waals surface area contributed by atoms with Crippen molar-refractivity contribution in [3.63, 3.8) is 0 Å². The van der Waals surface area contributed by atoms with Crippen molar-refractivity contribution in [2.45, 2.75) is 20.3 Å². The lowest BCUT2D eigenvalue weighted by atomic mass is 10.1. The van der Waals surface area contributed by atoms with Gasteiger partial charge < -0.3 is 10.1 Å². The molecule has 0 saturated carbocycles. The minimum atomic E-state index is -0.0859. The quantitative estimate of drug-likeness (QED) is 0.729. The molecule has 0 radical (unpaired) electrons. The van der Waals surface area contributed by atoms with Crippen LogP contribution in [-0.2, 0) is 11.2 Å². The molecule has 0 saturated heterocycles. The second-order valence-electron chi connectivity index (χ2n) is 5.87. The fourth-order valence-corrected chi connectivity index (χ4v) is 3.78. The van der Waals surface area contributed by atoms with Gasteiger partial charge in [-0.2, -0.15) is 0 Å². The van der Waals surface area contributed by atoms with Gasteiger partial charge in [0.2, 0.25) is 0 Å². The summed E-state index contributed by atoms with van der Waals surface area (Å²) in [6.45, 7) is 4.65. The second kappa shape index (κ2) is 7.49. The molecule has 0 bridgehead atoms. The smallest absolute Gasteiger partial charge is 0.257 e. The second-order valence-corrected chi connectivity index (χ2v) is 6.78. The number of hydrogen-bond donors (Lipinski definition) is 1. The predicted molar refractivity (Wildman–Crippen MR) is 99.9 cm³/mol. The van der Waals surface area contributed by atoms with Gasteiger partial charge >= 0.3 is 0 Å². The minimum Gasteiger partial charge on any atom is -0.483 e. The molecule has 4 heteroatoms. The molecule has 0 atom stereocenters. The summed E-state index contributed by atoms with van der Waals surface area (Å²) in [6, 6.07) is 14.3. The highest BCUT2D eigenvalue weighted by Gasteiger charge is 2.08. The molecule has 0 spiro atoms. The van der Waals surface area contributed by atoms with Gasteiger partial charge in [0.15, 0.2) is 6.61 Å². The third-order valence-electron chi connectivity index (χ3n) is 4.03. The number of ether oxygens (including phenoxy) is 1. The molecular formula is C20H21NO2S. The van der Waals surface area contributed by atoms with Crippen LogP contribution >= 0.6 is 11.3 Å². The Kier molecular flexibility index (Phi) is 5.16. The third-order valence-corrected chi connectivity index (χ3v) is 5.05. The number of nitrogens with one attached hydrogen (secondary N) is 1. The van der Waals surface area contributed by atoms with Crippen molar-refractivity contribution in [2.75, 3.05) is 13.2 Å². The van der Waals surface area contributed by atoms with Gasteiger partial charge in [-0.3, -0.25) is 4.79 Å². The zero-order valence-corrected chi connectivity index (χ0v) is 14.8. The summed E-state index contributed by atoms with van der Waals surface area (Å²) in [5.41, 5.74) is 3.38. The van der Waals surface area contributed by atoms with Gasteiger partial charge in [0.25, 0.3) is 5.91 Å². The molecule has 1 amide bonds. The molecule has 0 aliphatic heterocycles. The van der Waals surface area contributed by atoms with Gasteiger partial charge in [0.05, 0.1) is 0 Å². The Balaban J connectivity index is 1.49. The first kappa shape index (κ1) is 16.5. The average Bonchev–Trinajstić information content (AvgIpc) is 2.98. The van der Waals surface area contributed by atoms with Crippen molar-refractivity contribution in [1.29, 1.82) is 0 Å². The Morgan fingerprint density at radius 3 is 2.62 bits per heavy atom. The van der Waals surface area contributed by atoms with E-state index in [1.165, 1.54) is 15.6 Å². The topological polar surface area (TPSA) is 38.3 Å². The molecule has 1 N–H and O–H groups in total. The van der Waals surface area contributed by atoms with Crippen molar-refractivity contribution in [2.24, 2.45) is 0 Å². The molecule has 24 heavy (non-hydrogen) atoms. The monoisotopic (exact) mass is 339 g/mol. The van der Waals surface area contributed by atoms with E-state index in [-0.39, 0.29) is 12.5 Å². The van der Waals surface area contributed by atoms with Gasteiger partial charge in [-0.05, 0) is 53.8 Å². The van der Waals surface area contributed by atoms with Crippen LogP contribution < -0.4 is 10.1 Å². The fraction of sp³-hybridized carbons (Fsp3) is 0.250. The minimum absolute atomic E-state index is 0.0517. The van der Waals surface area contributed by atoms with Gasteiger partial charge in [-0.25, -0.2) is 0 Å².